The molecule has 1 saturated heterocycles. The minimum Gasteiger partial charge on any atom is -0.440 e. The fraction of sp³-hybridized carbons (Fsp3) is 0.500. The first-order valence-corrected chi connectivity index (χ1v) is 7.53. The standard InChI is InChI=1S/C16H21N3O2/c1-10(2)16-19-13-8-12(3-4-14(13)21-16)18-15(20)7-11-5-6-17-9-11/h3-4,8,10-11,17H,5-7,9H2,1-2H3,(H,18,20). The molecule has 0 bridgehead atoms. The Kier molecular flexibility index (Phi) is 3.92. The van der Waals surface area contributed by atoms with Crippen molar-refractivity contribution in [3.63, 3.8) is 0 Å². The van der Waals surface area contributed by atoms with Gasteiger partial charge in [-0.3, -0.25) is 4.79 Å². The summed E-state index contributed by atoms with van der Waals surface area (Å²) in [6.45, 7) is 6.04. The molecule has 1 aromatic heterocycles. The van der Waals surface area contributed by atoms with Crippen molar-refractivity contribution in [3.8, 4) is 0 Å². The molecular weight excluding hydrogens is 266 g/mol. The van der Waals surface area contributed by atoms with Crippen LogP contribution in [0.3, 0.4) is 0 Å². The van der Waals surface area contributed by atoms with Crippen molar-refractivity contribution in [3.05, 3.63) is 24.1 Å². The highest BCUT2D eigenvalue weighted by atomic mass is 16.3. The largest absolute Gasteiger partial charge is 0.440 e. The number of carbonyl (C=O) groups is 1. The van der Waals surface area contributed by atoms with E-state index in [9.17, 15) is 4.79 Å². The van der Waals surface area contributed by atoms with Crippen molar-refractivity contribution in [2.45, 2.75) is 32.6 Å². The van der Waals surface area contributed by atoms with Crippen LogP contribution in [0, 0.1) is 5.92 Å². The number of oxazole rings is 1. The summed E-state index contributed by atoms with van der Waals surface area (Å²) < 4.78 is 5.66. The van der Waals surface area contributed by atoms with Gasteiger partial charge in [0.2, 0.25) is 5.91 Å². The second-order valence-electron chi connectivity index (χ2n) is 6.00. The summed E-state index contributed by atoms with van der Waals surface area (Å²) in [5.74, 6) is 1.50. The normalized spacial score (nSPS) is 18.5. The molecule has 0 radical (unpaired) electrons. The summed E-state index contributed by atoms with van der Waals surface area (Å²) in [7, 11) is 0. The monoisotopic (exact) mass is 287 g/mol. The van der Waals surface area contributed by atoms with Crippen LogP contribution < -0.4 is 10.6 Å². The predicted molar refractivity (Wildman–Crippen MR) is 82.3 cm³/mol. The van der Waals surface area contributed by atoms with Crippen LogP contribution >= 0.6 is 0 Å². The van der Waals surface area contributed by atoms with E-state index >= 15 is 0 Å². The maximum atomic E-state index is 12.0. The van der Waals surface area contributed by atoms with E-state index in [1.54, 1.807) is 0 Å². The lowest BCUT2D eigenvalue weighted by Gasteiger charge is -2.08. The summed E-state index contributed by atoms with van der Waals surface area (Å²) in [5, 5.41) is 6.23. The Labute approximate surface area is 124 Å². The highest BCUT2D eigenvalue weighted by Gasteiger charge is 2.18. The van der Waals surface area contributed by atoms with Crippen molar-refractivity contribution in [2.24, 2.45) is 5.92 Å². The van der Waals surface area contributed by atoms with E-state index in [0.29, 0.717) is 12.3 Å². The molecule has 1 atom stereocenters. The summed E-state index contributed by atoms with van der Waals surface area (Å²) in [5.41, 5.74) is 2.33. The molecule has 0 saturated carbocycles. The molecule has 2 aromatic rings. The Morgan fingerprint density at radius 3 is 3.10 bits per heavy atom. The molecule has 1 aliphatic heterocycles. The van der Waals surface area contributed by atoms with Crippen molar-refractivity contribution >= 4 is 22.7 Å². The smallest absolute Gasteiger partial charge is 0.224 e. The molecule has 5 nitrogen and oxygen atoms in total. The van der Waals surface area contributed by atoms with E-state index in [1.807, 2.05) is 32.0 Å². The number of carbonyl (C=O) groups excluding carboxylic acids is 1. The van der Waals surface area contributed by atoms with Crippen LogP contribution in [-0.2, 0) is 4.79 Å². The zero-order valence-corrected chi connectivity index (χ0v) is 12.5. The number of rotatable bonds is 4. The maximum absolute atomic E-state index is 12.0. The molecule has 1 aliphatic rings. The molecule has 2 N–H and O–H groups in total. The zero-order chi connectivity index (χ0) is 14.8. The second kappa shape index (κ2) is 5.85. The van der Waals surface area contributed by atoms with Gasteiger partial charge in [-0.05, 0) is 43.6 Å². The van der Waals surface area contributed by atoms with Gasteiger partial charge in [0, 0.05) is 18.0 Å². The summed E-state index contributed by atoms with van der Waals surface area (Å²) in [6.07, 6.45) is 1.65. The molecular formula is C16H21N3O2. The summed E-state index contributed by atoms with van der Waals surface area (Å²) in [4.78, 5) is 16.5. The quantitative estimate of drug-likeness (QED) is 0.907. The molecule has 1 unspecified atom stereocenters. The number of aromatic nitrogens is 1. The fourth-order valence-corrected chi connectivity index (χ4v) is 2.63. The van der Waals surface area contributed by atoms with Gasteiger partial charge in [0.25, 0.3) is 0 Å². The maximum Gasteiger partial charge on any atom is 0.224 e. The number of amides is 1. The van der Waals surface area contributed by atoms with Gasteiger partial charge in [0.15, 0.2) is 11.5 Å². The molecule has 5 heteroatoms. The van der Waals surface area contributed by atoms with E-state index < -0.39 is 0 Å². The van der Waals surface area contributed by atoms with Gasteiger partial charge in [0.05, 0.1) is 0 Å². The Bertz CT molecular complexity index is 642. The van der Waals surface area contributed by atoms with Crippen molar-refractivity contribution in [2.75, 3.05) is 18.4 Å². The van der Waals surface area contributed by atoms with E-state index in [4.69, 9.17) is 4.42 Å². The Hall–Kier alpha value is -1.88. The number of nitrogens with one attached hydrogen (secondary N) is 2. The molecule has 0 aliphatic carbocycles. The summed E-state index contributed by atoms with van der Waals surface area (Å²) >= 11 is 0. The van der Waals surface area contributed by atoms with Gasteiger partial charge < -0.3 is 15.1 Å². The zero-order valence-electron chi connectivity index (χ0n) is 12.5. The van der Waals surface area contributed by atoms with E-state index in [2.05, 4.69) is 15.6 Å². The Morgan fingerprint density at radius 1 is 1.52 bits per heavy atom. The Morgan fingerprint density at radius 2 is 2.38 bits per heavy atom. The predicted octanol–water partition coefficient (Wildman–Crippen LogP) is 2.89. The SMILES string of the molecule is CC(C)c1nc2cc(NC(=O)CC3CCNC3)ccc2o1. The molecule has 112 valence electrons. The minimum atomic E-state index is 0.0654. The van der Waals surface area contributed by atoms with Crippen molar-refractivity contribution < 1.29 is 9.21 Å². The van der Waals surface area contributed by atoms with Gasteiger partial charge in [-0.2, -0.15) is 0 Å². The van der Waals surface area contributed by atoms with Crippen molar-refractivity contribution in [1.82, 2.24) is 10.3 Å². The van der Waals surface area contributed by atoms with Crippen LogP contribution in [0.25, 0.3) is 11.1 Å². The van der Waals surface area contributed by atoms with Crippen LogP contribution in [0.5, 0.6) is 0 Å². The van der Waals surface area contributed by atoms with Crippen LogP contribution in [0.1, 0.15) is 38.5 Å². The summed E-state index contributed by atoms with van der Waals surface area (Å²) in [6, 6.07) is 5.60. The van der Waals surface area contributed by atoms with Crippen molar-refractivity contribution in [1.29, 1.82) is 0 Å². The van der Waals surface area contributed by atoms with E-state index in [-0.39, 0.29) is 11.8 Å². The molecule has 0 spiro atoms. The van der Waals surface area contributed by atoms with Gasteiger partial charge >= 0.3 is 0 Å². The van der Waals surface area contributed by atoms with Crippen LogP contribution in [-0.4, -0.2) is 24.0 Å². The molecule has 3 rings (SSSR count). The molecule has 1 amide bonds. The third-order valence-corrected chi connectivity index (χ3v) is 3.82. The first-order chi connectivity index (χ1) is 10.1. The van der Waals surface area contributed by atoms with Gasteiger partial charge in [-0.15, -0.1) is 0 Å². The number of fused-ring (bicyclic) bond motifs is 1. The highest BCUT2D eigenvalue weighted by molar-refractivity contribution is 5.92. The third kappa shape index (κ3) is 3.24. The lowest BCUT2D eigenvalue weighted by molar-refractivity contribution is -0.116. The number of hydrogen-bond donors (Lipinski definition) is 2. The molecule has 1 aromatic carbocycles. The number of anilines is 1. The number of benzene rings is 1. The fourth-order valence-electron chi connectivity index (χ4n) is 2.63. The van der Waals surface area contributed by atoms with Gasteiger partial charge in [-0.25, -0.2) is 4.98 Å². The third-order valence-electron chi connectivity index (χ3n) is 3.82. The molecule has 2 heterocycles. The minimum absolute atomic E-state index is 0.0654. The lowest BCUT2D eigenvalue weighted by Crippen LogP contribution is -2.18. The second-order valence-corrected chi connectivity index (χ2v) is 6.00. The van der Waals surface area contributed by atoms with Crippen LogP contribution in [0.15, 0.2) is 22.6 Å². The average molecular weight is 287 g/mol. The highest BCUT2D eigenvalue weighted by Crippen LogP contribution is 2.24. The number of nitrogens with zero attached hydrogens (tertiary/aromatic N) is 1. The first kappa shape index (κ1) is 14.1. The van der Waals surface area contributed by atoms with E-state index in [0.717, 1.165) is 42.2 Å². The van der Waals surface area contributed by atoms with Gasteiger partial charge in [0.1, 0.15) is 5.52 Å². The van der Waals surface area contributed by atoms with Crippen LogP contribution in [0.2, 0.25) is 0 Å². The van der Waals surface area contributed by atoms with Crippen LogP contribution in [0.4, 0.5) is 5.69 Å². The average Bonchev–Trinajstić information content (AvgIpc) is 3.06. The molecule has 1 fully saturated rings. The first-order valence-electron chi connectivity index (χ1n) is 7.53. The topological polar surface area (TPSA) is 67.2 Å². The molecule has 21 heavy (non-hydrogen) atoms. The lowest BCUT2D eigenvalue weighted by atomic mass is 10.0. The Balaban J connectivity index is 1.70. The van der Waals surface area contributed by atoms with Gasteiger partial charge in [-0.1, -0.05) is 13.8 Å². The number of hydrogen-bond acceptors (Lipinski definition) is 4. The van der Waals surface area contributed by atoms with E-state index in [1.165, 1.54) is 0 Å².